The van der Waals surface area contributed by atoms with E-state index in [9.17, 15) is 0 Å². The van der Waals surface area contributed by atoms with Crippen LogP contribution in [0.15, 0.2) is 12.1 Å². The monoisotopic (exact) mass is 361 g/mol. The highest BCUT2D eigenvalue weighted by atomic mass is 16.5. The summed E-state index contributed by atoms with van der Waals surface area (Å²) in [6, 6.07) is 4.32. The molecule has 1 heterocycles. The molecule has 0 aliphatic carbocycles. The summed E-state index contributed by atoms with van der Waals surface area (Å²) in [4.78, 5) is 2.60. The molecule has 2 rings (SSSR count). The molecule has 3 nitrogen and oxygen atoms in total. The molecule has 0 radical (unpaired) electrons. The average molecular weight is 362 g/mol. The van der Waals surface area contributed by atoms with Crippen LogP contribution in [0, 0.1) is 0 Å². The first-order chi connectivity index (χ1) is 12.8. The highest BCUT2D eigenvalue weighted by Crippen LogP contribution is 2.33. The Hall–Kier alpha value is -1.22. The Labute approximate surface area is 161 Å². The SMILES string of the molecule is CCCCCCCCCCCCN1CCc2cc(OC)c(OC)cc2C1. The van der Waals surface area contributed by atoms with Gasteiger partial charge in [-0.15, -0.1) is 0 Å². The predicted molar refractivity (Wildman–Crippen MR) is 110 cm³/mol. The summed E-state index contributed by atoms with van der Waals surface area (Å²) in [7, 11) is 3.43. The molecular weight excluding hydrogens is 322 g/mol. The maximum atomic E-state index is 5.46. The minimum atomic E-state index is 0.854. The minimum Gasteiger partial charge on any atom is -0.493 e. The lowest BCUT2D eigenvalue weighted by Gasteiger charge is -2.29. The number of hydrogen-bond donors (Lipinski definition) is 0. The van der Waals surface area contributed by atoms with Crippen LogP contribution in [-0.4, -0.2) is 32.2 Å². The van der Waals surface area contributed by atoms with Crippen molar-refractivity contribution in [3.8, 4) is 11.5 Å². The number of unbranched alkanes of at least 4 members (excludes halogenated alkanes) is 9. The fourth-order valence-electron chi connectivity index (χ4n) is 3.96. The first kappa shape index (κ1) is 21.1. The van der Waals surface area contributed by atoms with E-state index in [2.05, 4.69) is 24.0 Å². The van der Waals surface area contributed by atoms with Crippen molar-refractivity contribution in [3.63, 3.8) is 0 Å². The van der Waals surface area contributed by atoms with Crippen LogP contribution < -0.4 is 9.47 Å². The number of hydrogen-bond acceptors (Lipinski definition) is 3. The first-order valence-electron chi connectivity index (χ1n) is 10.7. The molecule has 0 bridgehead atoms. The third-order valence-electron chi connectivity index (χ3n) is 5.63. The van der Waals surface area contributed by atoms with Crippen molar-refractivity contribution in [1.82, 2.24) is 4.90 Å². The zero-order valence-corrected chi connectivity index (χ0v) is 17.3. The Morgan fingerprint density at radius 2 is 1.31 bits per heavy atom. The highest BCUT2D eigenvalue weighted by Gasteiger charge is 2.18. The molecular formula is C23H39NO2. The van der Waals surface area contributed by atoms with Crippen molar-refractivity contribution < 1.29 is 9.47 Å². The van der Waals surface area contributed by atoms with E-state index in [1.807, 2.05) is 0 Å². The quantitative estimate of drug-likeness (QED) is 0.403. The molecule has 0 spiro atoms. The zero-order chi connectivity index (χ0) is 18.6. The molecule has 1 aliphatic rings. The van der Waals surface area contributed by atoms with Gasteiger partial charge in [0.15, 0.2) is 11.5 Å². The standard InChI is InChI=1S/C23H39NO2/c1-4-5-6-7-8-9-10-11-12-13-15-24-16-14-20-17-22(25-2)23(26-3)18-21(20)19-24/h17-18H,4-16,19H2,1-3H3. The Bertz CT molecular complexity index is 515. The van der Waals surface area contributed by atoms with Crippen LogP contribution in [0.4, 0.5) is 0 Å². The van der Waals surface area contributed by atoms with Crippen molar-refractivity contribution in [2.45, 2.75) is 84.1 Å². The third kappa shape index (κ3) is 6.83. The molecule has 1 aromatic rings. The van der Waals surface area contributed by atoms with Gasteiger partial charge in [0.2, 0.25) is 0 Å². The van der Waals surface area contributed by atoms with Crippen LogP contribution in [0.1, 0.15) is 82.3 Å². The van der Waals surface area contributed by atoms with E-state index in [-0.39, 0.29) is 0 Å². The summed E-state index contributed by atoms with van der Waals surface area (Å²) >= 11 is 0. The number of ether oxygens (including phenoxy) is 2. The van der Waals surface area contributed by atoms with Gasteiger partial charge >= 0.3 is 0 Å². The van der Waals surface area contributed by atoms with E-state index >= 15 is 0 Å². The molecule has 0 aromatic heterocycles. The topological polar surface area (TPSA) is 21.7 Å². The number of benzene rings is 1. The maximum absolute atomic E-state index is 5.46. The van der Waals surface area contributed by atoms with Gasteiger partial charge in [-0.25, -0.2) is 0 Å². The van der Waals surface area contributed by atoms with E-state index in [1.54, 1.807) is 14.2 Å². The summed E-state index contributed by atoms with van der Waals surface area (Å²) in [5.41, 5.74) is 2.82. The molecule has 0 N–H and O–H groups in total. The Morgan fingerprint density at radius 3 is 1.88 bits per heavy atom. The van der Waals surface area contributed by atoms with Crippen molar-refractivity contribution in [2.75, 3.05) is 27.3 Å². The van der Waals surface area contributed by atoms with Gasteiger partial charge < -0.3 is 9.47 Å². The van der Waals surface area contributed by atoms with Crippen LogP contribution in [0.5, 0.6) is 11.5 Å². The summed E-state index contributed by atoms with van der Waals surface area (Å²) < 4.78 is 10.9. The van der Waals surface area contributed by atoms with Crippen molar-refractivity contribution in [2.24, 2.45) is 0 Å². The summed E-state index contributed by atoms with van der Waals surface area (Å²) in [5.74, 6) is 1.71. The molecule has 1 aromatic carbocycles. The molecule has 0 saturated heterocycles. The molecule has 0 unspecified atom stereocenters. The van der Waals surface area contributed by atoms with E-state index in [1.165, 1.54) is 88.4 Å². The first-order valence-corrected chi connectivity index (χ1v) is 10.7. The second-order valence-corrected chi connectivity index (χ2v) is 7.68. The summed E-state index contributed by atoms with van der Waals surface area (Å²) in [5, 5.41) is 0. The van der Waals surface area contributed by atoms with Gasteiger partial charge in [0.25, 0.3) is 0 Å². The van der Waals surface area contributed by atoms with Gasteiger partial charge in [-0.05, 0) is 42.6 Å². The van der Waals surface area contributed by atoms with Crippen molar-refractivity contribution in [3.05, 3.63) is 23.3 Å². The highest BCUT2D eigenvalue weighted by molar-refractivity contribution is 5.48. The summed E-state index contributed by atoms with van der Waals surface area (Å²) in [6.07, 6.45) is 15.2. The molecule has 26 heavy (non-hydrogen) atoms. The summed E-state index contributed by atoms with van der Waals surface area (Å²) in [6.45, 7) is 5.73. The number of fused-ring (bicyclic) bond motifs is 1. The third-order valence-corrected chi connectivity index (χ3v) is 5.63. The Kier molecular flexibility index (Phi) is 9.91. The smallest absolute Gasteiger partial charge is 0.161 e. The van der Waals surface area contributed by atoms with Crippen molar-refractivity contribution in [1.29, 1.82) is 0 Å². The largest absolute Gasteiger partial charge is 0.493 e. The van der Waals surface area contributed by atoms with Crippen LogP contribution in [-0.2, 0) is 13.0 Å². The van der Waals surface area contributed by atoms with Gasteiger partial charge in [-0.3, -0.25) is 4.90 Å². The number of nitrogens with zero attached hydrogens (tertiary/aromatic N) is 1. The Morgan fingerprint density at radius 1 is 0.769 bits per heavy atom. The zero-order valence-electron chi connectivity index (χ0n) is 17.3. The fourth-order valence-corrected chi connectivity index (χ4v) is 3.96. The van der Waals surface area contributed by atoms with Crippen LogP contribution in [0.2, 0.25) is 0 Å². The van der Waals surface area contributed by atoms with Gasteiger partial charge in [0.1, 0.15) is 0 Å². The molecule has 0 amide bonds. The lowest BCUT2D eigenvalue weighted by atomic mass is 9.98. The van der Waals surface area contributed by atoms with Crippen LogP contribution in [0.3, 0.4) is 0 Å². The lowest BCUT2D eigenvalue weighted by Crippen LogP contribution is -2.31. The number of methoxy groups -OCH3 is 2. The van der Waals surface area contributed by atoms with E-state index in [0.29, 0.717) is 0 Å². The van der Waals surface area contributed by atoms with Gasteiger partial charge in [-0.1, -0.05) is 64.7 Å². The average Bonchev–Trinajstić information content (AvgIpc) is 2.68. The normalized spacial score (nSPS) is 14.3. The Balaban J connectivity index is 1.61. The minimum absolute atomic E-state index is 0.854. The lowest BCUT2D eigenvalue weighted by molar-refractivity contribution is 0.246. The van der Waals surface area contributed by atoms with Crippen LogP contribution in [0.25, 0.3) is 0 Å². The predicted octanol–water partition coefficient (Wildman–Crippen LogP) is 5.98. The molecule has 0 atom stereocenters. The van der Waals surface area contributed by atoms with Crippen molar-refractivity contribution >= 4 is 0 Å². The molecule has 1 aliphatic heterocycles. The number of rotatable bonds is 13. The van der Waals surface area contributed by atoms with Crippen LogP contribution >= 0.6 is 0 Å². The second kappa shape index (κ2) is 12.2. The maximum Gasteiger partial charge on any atom is 0.161 e. The molecule has 148 valence electrons. The fraction of sp³-hybridized carbons (Fsp3) is 0.739. The van der Waals surface area contributed by atoms with E-state index < -0.39 is 0 Å². The van der Waals surface area contributed by atoms with Gasteiger partial charge in [0.05, 0.1) is 14.2 Å². The molecule has 3 heteroatoms. The van der Waals surface area contributed by atoms with E-state index in [0.717, 1.165) is 24.5 Å². The van der Waals surface area contributed by atoms with Gasteiger partial charge in [-0.2, -0.15) is 0 Å². The second-order valence-electron chi connectivity index (χ2n) is 7.68. The molecule has 0 fully saturated rings. The van der Waals surface area contributed by atoms with Gasteiger partial charge in [0, 0.05) is 13.1 Å². The van der Waals surface area contributed by atoms with E-state index in [4.69, 9.17) is 9.47 Å². The molecule has 0 saturated carbocycles.